The van der Waals surface area contributed by atoms with Crippen molar-refractivity contribution in [1.29, 1.82) is 0 Å². The highest BCUT2D eigenvalue weighted by Gasteiger charge is 2.48. The normalized spacial score (nSPS) is 24.2. The van der Waals surface area contributed by atoms with Crippen molar-refractivity contribution < 1.29 is 13.2 Å². The molecule has 1 aromatic carbocycles. The van der Waals surface area contributed by atoms with Gasteiger partial charge in [-0.15, -0.1) is 0 Å². The lowest BCUT2D eigenvalue weighted by Gasteiger charge is -2.31. The lowest BCUT2D eigenvalue weighted by Crippen LogP contribution is -2.40. The first-order valence-corrected chi connectivity index (χ1v) is 14.2. The van der Waals surface area contributed by atoms with E-state index in [2.05, 4.69) is 37.3 Å². The monoisotopic (exact) mass is 506 g/mol. The Morgan fingerprint density at radius 1 is 1.00 bits per heavy atom. The van der Waals surface area contributed by atoms with Crippen LogP contribution in [0.5, 0.6) is 0 Å². The molecule has 0 spiro atoms. The summed E-state index contributed by atoms with van der Waals surface area (Å²) in [5.74, 6) is 2.17. The van der Waals surface area contributed by atoms with Gasteiger partial charge in [0.15, 0.2) is 0 Å². The molecule has 188 valence electrons. The molecule has 1 N–H and O–H groups in total. The molecule has 36 heavy (non-hydrogen) atoms. The Morgan fingerprint density at radius 2 is 1.81 bits per heavy atom. The zero-order chi connectivity index (χ0) is 24.7. The molecule has 0 amide bonds. The molecule has 6 rings (SSSR count). The Kier molecular flexibility index (Phi) is 6.10. The van der Waals surface area contributed by atoms with Gasteiger partial charge in [-0.05, 0) is 54.7 Å². The first-order valence-electron chi connectivity index (χ1n) is 12.4. The fourth-order valence-electron chi connectivity index (χ4n) is 5.75. The maximum Gasteiger partial charge on any atom is 0.227 e. The van der Waals surface area contributed by atoms with E-state index in [9.17, 15) is 8.42 Å². The number of nitrogens with one attached hydrogen (secondary N) is 1. The van der Waals surface area contributed by atoms with Crippen LogP contribution in [0.1, 0.15) is 24.3 Å². The molecule has 10 heteroatoms. The van der Waals surface area contributed by atoms with E-state index >= 15 is 0 Å². The molecule has 4 heterocycles. The minimum atomic E-state index is -3.17. The minimum Gasteiger partial charge on any atom is -0.378 e. The third-order valence-corrected chi connectivity index (χ3v) is 8.76. The van der Waals surface area contributed by atoms with Crippen molar-refractivity contribution in [2.45, 2.75) is 24.8 Å². The summed E-state index contributed by atoms with van der Waals surface area (Å²) in [4.78, 5) is 15.9. The highest BCUT2D eigenvalue weighted by atomic mass is 32.2. The average Bonchev–Trinajstić information content (AvgIpc) is 3.52. The number of hydrogen-bond donors (Lipinski definition) is 1. The molecule has 3 aliphatic rings. The molecule has 3 aromatic rings. The standard InChI is InChI=1S/C26H30N6O3S/c1-36(33,34)32-17-18-14-22(24(32)15-18)19-2-5-21(6-3-19)29-26-27-9-8-23(30-26)20-4-7-25(28-16-20)31-10-12-35-13-11-31/h2-9,16,18,22,24H,10-15,17H2,1H3,(H,27,29,30). The first-order chi connectivity index (χ1) is 17.4. The lowest BCUT2D eigenvalue weighted by molar-refractivity contribution is 0.122. The zero-order valence-corrected chi connectivity index (χ0v) is 21.1. The number of hydrogen-bond acceptors (Lipinski definition) is 8. The summed E-state index contributed by atoms with van der Waals surface area (Å²) in [7, 11) is -3.17. The fourth-order valence-corrected chi connectivity index (χ4v) is 6.96. The Labute approximate surface area is 211 Å². The van der Waals surface area contributed by atoms with Gasteiger partial charge in [-0.1, -0.05) is 12.1 Å². The SMILES string of the molecule is CS(=O)(=O)N1CC2CC(c3ccc(Nc4nccc(-c5ccc(N6CCOCC6)nc5)n4)cc3)C1C2. The maximum atomic E-state index is 12.2. The van der Waals surface area contributed by atoms with Crippen LogP contribution in [0, 0.1) is 5.92 Å². The largest absolute Gasteiger partial charge is 0.378 e. The van der Waals surface area contributed by atoms with Crippen LogP contribution in [0.3, 0.4) is 0 Å². The third kappa shape index (κ3) is 4.68. The number of nitrogens with zero attached hydrogens (tertiary/aromatic N) is 5. The van der Waals surface area contributed by atoms with Crippen molar-refractivity contribution in [2.24, 2.45) is 5.92 Å². The number of anilines is 3. The summed E-state index contributed by atoms with van der Waals surface area (Å²) in [5.41, 5.74) is 3.80. The van der Waals surface area contributed by atoms with Gasteiger partial charge in [-0.25, -0.2) is 23.4 Å². The quantitative estimate of drug-likeness (QED) is 0.544. The van der Waals surface area contributed by atoms with E-state index in [1.54, 1.807) is 10.5 Å². The maximum absolute atomic E-state index is 12.2. The molecule has 1 saturated carbocycles. The highest BCUT2D eigenvalue weighted by Crippen LogP contribution is 2.48. The van der Waals surface area contributed by atoms with Crippen molar-refractivity contribution in [1.82, 2.24) is 19.3 Å². The number of morpholine rings is 1. The molecule has 2 aromatic heterocycles. The summed E-state index contributed by atoms with van der Waals surface area (Å²) in [5, 5.41) is 3.29. The van der Waals surface area contributed by atoms with Crippen LogP contribution in [0.25, 0.3) is 11.3 Å². The zero-order valence-electron chi connectivity index (χ0n) is 20.2. The van der Waals surface area contributed by atoms with Gasteiger partial charge in [0.05, 0.1) is 25.2 Å². The van der Waals surface area contributed by atoms with Crippen LogP contribution < -0.4 is 10.2 Å². The van der Waals surface area contributed by atoms with E-state index in [1.807, 2.05) is 36.5 Å². The number of benzene rings is 1. The third-order valence-electron chi connectivity index (χ3n) is 7.49. The predicted molar refractivity (Wildman–Crippen MR) is 139 cm³/mol. The van der Waals surface area contributed by atoms with Crippen molar-refractivity contribution in [3.05, 3.63) is 60.4 Å². The molecule has 0 radical (unpaired) electrons. The number of piperidine rings is 1. The smallest absolute Gasteiger partial charge is 0.227 e. The van der Waals surface area contributed by atoms with Gasteiger partial charge in [0, 0.05) is 55.2 Å². The second-order valence-corrected chi connectivity index (χ2v) is 11.8. The summed E-state index contributed by atoms with van der Waals surface area (Å²) in [6.45, 7) is 3.83. The molecule has 3 unspecified atom stereocenters. The topological polar surface area (TPSA) is 101 Å². The number of sulfonamides is 1. The Balaban J connectivity index is 1.14. The van der Waals surface area contributed by atoms with Crippen molar-refractivity contribution >= 4 is 27.5 Å². The molecular formula is C26H30N6O3S. The molecule has 2 saturated heterocycles. The molecule has 2 bridgehead atoms. The molecule has 9 nitrogen and oxygen atoms in total. The van der Waals surface area contributed by atoms with Crippen molar-refractivity contribution in [2.75, 3.05) is 49.3 Å². The second kappa shape index (κ2) is 9.42. The summed E-state index contributed by atoms with van der Waals surface area (Å²) in [6.07, 6.45) is 6.92. The molecule has 2 aliphatic heterocycles. The summed E-state index contributed by atoms with van der Waals surface area (Å²) >= 11 is 0. The van der Waals surface area contributed by atoms with Crippen LogP contribution >= 0.6 is 0 Å². The van der Waals surface area contributed by atoms with Gasteiger partial charge in [0.1, 0.15) is 5.82 Å². The van der Waals surface area contributed by atoms with E-state index < -0.39 is 10.0 Å². The highest BCUT2D eigenvalue weighted by molar-refractivity contribution is 7.88. The molecular weight excluding hydrogens is 476 g/mol. The number of pyridine rings is 1. The molecule has 3 atom stereocenters. The fraction of sp³-hybridized carbons (Fsp3) is 0.423. The van der Waals surface area contributed by atoms with Crippen LogP contribution in [-0.4, -0.2) is 72.8 Å². The lowest BCUT2D eigenvalue weighted by atomic mass is 9.91. The van der Waals surface area contributed by atoms with Gasteiger partial charge >= 0.3 is 0 Å². The molecule has 3 fully saturated rings. The van der Waals surface area contributed by atoms with Crippen LogP contribution in [-0.2, 0) is 14.8 Å². The molecule has 1 aliphatic carbocycles. The van der Waals surface area contributed by atoms with E-state index in [-0.39, 0.29) is 12.0 Å². The number of fused-ring (bicyclic) bond motifs is 2. The van der Waals surface area contributed by atoms with E-state index in [1.165, 1.54) is 11.8 Å². The summed E-state index contributed by atoms with van der Waals surface area (Å²) in [6, 6.07) is 14.2. The first kappa shape index (κ1) is 23.3. The Morgan fingerprint density at radius 3 is 2.50 bits per heavy atom. The summed E-state index contributed by atoms with van der Waals surface area (Å²) < 4.78 is 31.4. The van der Waals surface area contributed by atoms with E-state index in [0.717, 1.165) is 61.9 Å². The predicted octanol–water partition coefficient (Wildman–Crippen LogP) is 3.26. The van der Waals surface area contributed by atoms with Crippen LogP contribution in [0.4, 0.5) is 17.5 Å². The van der Waals surface area contributed by atoms with Crippen molar-refractivity contribution in [3.63, 3.8) is 0 Å². The number of aromatic nitrogens is 3. The number of ether oxygens (including phenoxy) is 1. The van der Waals surface area contributed by atoms with Gasteiger partial charge in [-0.2, -0.15) is 4.31 Å². The minimum absolute atomic E-state index is 0.0760. The van der Waals surface area contributed by atoms with Gasteiger partial charge in [0.25, 0.3) is 0 Å². The average molecular weight is 507 g/mol. The van der Waals surface area contributed by atoms with E-state index in [4.69, 9.17) is 4.74 Å². The van der Waals surface area contributed by atoms with Crippen molar-refractivity contribution in [3.8, 4) is 11.3 Å². The van der Waals surface area contributed by atoms with Gasteiger partial charge in [0.2, 0.25) is 16.0 Å². The van der Waals surface area contributed by atoms with Gasteiger partial charge in [-0.3, -0.25) is 0 Å². The van der Waals surface area contributed by atoms with E-state index in [0.29, 0.717) is 18.4 Å². The Bertz CT molecular complexity index is 1330. The van der Waals surface area contributed by atoms with Crippen LogP contribution in [0.2, 0.25) is 0 Å². The van der Waals surface area contributed by atoms with Gasteiger partial charge < -0.3 is 15.0 Å². The Hall–Kier alpha value is -3.08. The second-order valence-electron chi connectivity index (χ2n) is 9.86. The van der Waals surface area contributed by atoms with Crippen LogP contribution in [0.15, 0.2) is 54.9 Å². The number of rotatable bonds is 6.